The number of methoxy groups -OCH3 is 5. The average Bonchev–Trinajstić information content (AvgIpc) is 2.76. The van der Waals surface area contributed by atoms with E-state index in [1.807, 2.05) is 0 Å². The molecule has 0 aliphatic heterocycles. The summed E-state index contributed by atoms with van der Waals surface area (Å²) < 4.78 is 26.5. The summed E-state index contributed by atoms with van der Waals surface area (Å²) >= 11 is 0. The van der Waals surface area contributed by atoms with Gasteiger partial charge < -0.3 is 29.0 Å². The summed E-state index contributed by atoms with van der Waals surface area (Å²) in [6, 6.07) is 6.54. The second-order valence-corrected chi connectivity index (χ2v) is 5.81. The third kappa shape index (κ3) is 3.79. The molecule has 0 saturated carbocycles. The molecule has 9 heteroatoms. The van der Waals surface area contributed by atoms with E-state index in [0.717, 1.165) is 0 Å². The Hall–Kier alpha value is -3.75. The predicted octanol–water partition coefficient (Wildman–Crippen LogP) is 2.93. The first-order chi connectivity index (χ1) is 14.1. The molecule has 0 unspecified atom stereocenters. The molecule has 1 heterocycles. The molecule has 29 heavy (non-hydrogen) atoms. The maximum atomic E-state index is 12.9. The summed E-state index contributed by atoms with van der Waals surface area (Å²) in [6.45, 7) is 0. The normalized spacial score (nSPS) is 10.4. The minimum absolute atomic E-state index is 0.312. The lowest BCUT2D eigenvalue weighted by atomic mass is 10.1. The van der Waals surface area contributed by atoms with Gasteiger partial charge >= 0.3 is 0 Å². The Bertz CT molecular complexity index is 1030. The minimum atomic E-state index is -0.404. The predicted molar refractivity (Wildman–Crippen MR) is 107 cm³/mol. The third-order valence-electron chi connectivity index (χ3n) is 4.30. The molecule has 3 rings (SSSR count). The topological polar surface area (TPSA) is 101 Å². The Morgan fingerprint density at radius 3 is 1.90 bits per heavy atom. The number of amides is 1. The lowest BCUT2D eigenvalue weighted by molar-refractivity contribution is 0.102. The monoisotopic (exact) mass is 399 g/mol. The molecular weight excluding hydrogens is 378 g/mol. The van der Waals surface area contributed by atoms with Crippen LogP contribution in [0.3, 0.4) is 0 Å². The zero-order valence-corrected chi connectivity index (χ0v) is 16.7. The van der Waals surface area contributed by atoms with Gasteiger partial charge in [0.15, 0.2) is 23.0 Å². The van der Waals surface area contributed by atoms with Gasteiger partial charge in [-0.3, -0.25) is 4.79 Å². The van der Waals surface area contributed by atoms with Gasteiger partial charge in [-0.05, 0) is 18.2 Å². The molecule has 3 aromatic rings. The van der Waals surface area contributed by atoms with Crippen molar-refractivity contribution in [1.29, 1.82) is 0 Å². The highest BCUT2D eigenvalue weighted by molar-refractivity contribution is 6.08. The molecule has 1 aromatic heterocycles. The number of aromatic nitrogens is 2. The van der Waals surface area contributed by atoms with E-state index in [0.29, 0.717) is 51.0 Å². The summed E-state index contributed by atoms with van der Waals surface area (Å²) in [6.07, 6.45) is 1.36. The lowest BCUT2D eigenvalue weighted by Crippen LogP contribution is -2.14. The van der Waals surface area contributed by atoms with Crippen LogP contribution in [0, 0.1) is 0 Å². The van der Waals surface area contributed by atoms with Crippen LogP contribution >= 0.6 is 0 Å². The van der Waals surface area contributed by atoms with E-state index in [4.69, 9.17) is 23.7 Å². The highest BCUT2D eigenvalue weighted by atomic mass is 16.5. The van der Waals surface area contributed by atoms with Crippen LogP contribution in [0.2, 0.25) is 0 Å². The molecule has 0 radical (unpaired) electrons. The van der Waals surface area contributed by atoms with Crippen LogP contribution in [0.15, 0.2) is 30.6 Å². The molecule has 2 aromatic carbocycles. The van der Waals surface area contributed by atoms with Crippen molar-refractivity contribution in [1.82, 2.24) is 9.97 Å². The van der Waals surface area contributed by atoms with E-state index in [1.54, 1.807) is 24.3 Å². The number of benzene rings is 2. The Labute approximate surface area is 167 Å². The van der Waals surface area contributed by atoms with Crippen LogP contribution in [-0.2, 0) is 0 Å². The van der Waals surface area contributed by atoms with Gasteiger partial charge in [0, 0.05) is 17.0 Å². The van der Waals surface area contributed by atoms with E-state index in [-0.39, 0.29) is 0 Å². The number of fused-ring (bicyclic) bond motifs is 1. The van der Waals surface area contributed by atoms with Gasteiger partial charge in [-0.1, -0.05) is 0 Å². The molecule has 0 aliphatic carbocycles. The first kappa shape index (κ1) is 20.0. The minimum Gasteiger partial charge on any atom is -0.493 e. The van der Waals surface area contributed by atoms with Crippen molar-refractivity contribution in [2.24, 2.45) is 0 Å². The van der Waals surface area contributed by atoms with Crippen molar-refractivity contribution < 1.29 is 28.5 Å². The van der Waals surface area contributed by atoms with Crippen LogP contribution in [0.1, 0.15) is 10.4 Å². The fraction of sp³-hybridized carbons (Fsp3) is 0.250. The van der Waals surface area contributed by atoms with Crippen molar-refractivity contribution >= 4 is 22.6 Å². The number of carbonyl (C=O) groups excluding carboxylic acids is 1. The summed E-state index contributed by atoms with van der Waals surface area (Å²) in [7, 11) is 7.53. The second kappa shape index (κ2) is 8.51. The molecular formula is C20H21N3O6. The standard InChI is InChI=1S/C20H21N3O6/c1-25-14-8-12-13(9-15(14)26-2)21-10-22-19(12)23-20(24)11-6-16(27-3)18(29-5)17(7-11)28-4/h6-10H,1-5H3,(H,21,22,23,24). The number of nitrogens with one attached hydrogen (secondary N) is 1. The van der Waals surface area contributed by atoms with Gasteiger partial charge in [0.05, 0.1) is 41.1 Å². The molecule has 0 aliphatic rings. The quantitative estimate of drug-likeness (QED) is 0.647. The van der Waals surface area contributed by atoms with Crippen molar-refractivity contribution in [3.63, 3.8) is 0 Å². The van der Waals surface area contributed by atoms with Crippen LogP contribution in [-0.4, -0.2) is 51.4 Å². The van der Waals surface area contributed by atoms with E-state index < -0.39 is 5.91 Å². The van der Waals surface area contributed by atoms with Gasteiger partial charge in [-0.2, -0.15) is 0 Å². The fourth-order valence-electron chi connectivity index (χ4n) is 2.87. The highest BCUT2D eigenvalue weighted by Crippen LogP contribution is 2.38. The lowest BCUT2D eigenvalue weighted by Gasteiger charge is -2.14. The molecule has 0 bridgehead atoms. The Kier molecular flexibility index (Phi) is 5.87. The van der Waals surface area contributed by atoms with E-state index in [9.17, 15) is 4.79 Å². The smallest absolute Gasteiger partial charge is 0.257 e. The molecule has 0 atom stereocenters. The maximum Gasteiger partial charge on any atom is 0.257 e. The first-order valence-electron chi connectivity index (χ1n) is 8.54. The summed E-state index contributed by atoms with van der Waals surface area (Å²) in [5.74, 6) is 2.09. The van der Waals surface area contributed by atoms with Gasteiger partial charge in [0.2, 0.25) is 5.75 Å². The highest BCUT2D eigenvalue weighted by Gasteiger charge is 2.19. The largest absolute Gasteiger partial charge is 0.493 e. The van der Waals surface area contributed by atoms with Crippen LogP contribution < -0.4 is 29.0 Å². The number of carbonyl (C=O) groups is 1. The SMILES string of the molecule is COc1cc2ncnc(NC(=O)c3cc(OC)c(OC)c(OC)c3)c2cc1OC. The van der Waals surface area contributed by atoms with Gasteiger partial charge in [0.1, 0.15) is 12.1 Å². The number of rotatable bonds is 7. The van der Waals surface area contributed by atoms with Crippen molar-refractivity contribution in [2.75, 3.05) is 40.9 Å². The Morgan fingerprint density at radius 2 is 1.34 bits per heavy atom. The molecule has 1 N–H and O–H groups in total. The van der Waals surface area contributed by atoms with Crippen molar-refractivity contribution in [3.05, 3.63) is 36.2 Å². The number of hydrogen-bond donors (Lipinski definition) is 1. The Morgan fingerprint density at radius 1 is 0.759 bits per heavy atom. The molecule has 0 saturated heterocycles. The summed E-state index contributed by atoms with van der Waals surface area (Å²) in [4.78, 5) is 21.3. The van der Waals surface area contributed by atoms with Gasteiger partial charge in [0.25, 0.3) is 5.91 Å². The second-order valence-electron chi connectivity index (χ2n) is 5.81. The average molecular weight is 399 g/mol. The Balaban J connectivity index is 2.02. The van der Waals surface area contributed by atoms with Gasteiger partial charge in [-0.15, -0.1) is 0 Å². The van der Waals surface area contributed by atoms with Crippen molar-refractivity contribution in [3.8, 4) is 28.7 Å². The first-order valence-corrected chi connectivity index (χ1v) is 8.54. The molecule has 1 amide bonds. The van der Waals surface area contributed by atoms with E-state index >= 15 is 0 Å². The molecule has 9 nitrogen and oxygen atoms in total. The van der Waals surface area contributed by atoms with E-state index in [1.165, 1.54) is 41.9 Å². The van der Waals surface area contributed by atoms with Gasteiger partial charge in [-0.25, -0.2) is 9.97 Å². The number of nitrogens with zero attached hydrogens (tertiary/aromatic N) is 2. The summed E-state index contributed by atoms with van der Waals surface area (Å²) in [5.41, 5.74) is 0.907. The summed E-state index contributed by atoms with van der Waals surface area (Å²) in [5, 5.41) is 3.39. The van der Waals surface area contributed by atoms with Crippen LogP contribution in [0.25, 0.3) is 10.9 Å². The number of anilines is 1. The maximum absolute atomic E-state index is 12.9. The molecule has 0 fully saturated rings. The number of ether oxygens (including phenoxy) is 5. The van der Waals surface area contributed by atoms with Crippen molar-refractivity contribution in [2.45, 2.75) is 0 Å². The van der Waals surface area contributed by atoms with E-state index in [2.05, 4.69) is 15.3 Å². The molecule has 0 spiro atoms. The zero-order valence-electron chi connectivity index (χ0n) is 16.7. The molecule has 152 valence electrons. The van der Waals surface area contributed by atoms with Crippen LogP contribution in [0.5, 0.6) is 28.7 Å². The number of hydrogen-bond acceptors (Lipinski definition) is 8. The third-order valence-corrected chi connectivity index (χ3v) is 4.30. The fourth-order valence-corrected chi connectivity index (χ4v) is 2.87. The van der Waals surface area contributed by atoms with Crippen LogP contribution in [0.4, 0.5) is 5.82 Å². The zero-order chi connectivity index (χ0) is 21.0.